The number of ether oxygens (including phenoxy) is 1. The summed E-state index contributed by atoms with van der Waals surface area (Å²) in [5.74, 6) is -0.301. The number of carbonyl (C=O) groups is 2. The van der Waals surface area contributed by atoms with Crippen molar-refractivity contribution in [2.75, 3.05) is 26.7 Å². The highest BCUT2D eigenvalue weighted by atomic mass is 16.5. The lowest BCUT2D eigenvalue weighted by Gasteiger charge is -2.26. The Bertz CT molecular complexity index is 251. The van der Waals surface area contributed by atoms with E-state index >= 15 is 0 Å². The molecule has 0 N–H and O–H groups in total. The second kappa shape index (κ2) is 3.10. The van der Waals surface area contributed by atoms with Gasteiger partial charge in [-0.1, -0.05) is 0 Å². The molecule has 0 amide bonds. The quantitative estimate of drug-likeness (QED) is 0.523. The smallest absolute Gasteiger partial charge is 0.309 e. The first-order valence-corrected chi connectivity index (χ1v) is 4.55. The molecular formula is C9H13NO3. The van der Waals surface area contributed by atoms with E-state index in [0.717, 1.165) is 19.5 Å². The largest absolute Gasteiger partial charge is 0.469 e. The lowest BCUT2D eigenvalue weighted by atomic mass is 9.86. The van der Waals surface area contributed by atoms with E-state index in [2.05, 4.69) is 9.64 Å². The third-order valence-electron chi connectivity index (χ3n) is 2.99. The molecule has 0 aromatic rings. The van der Waals surface area contributed by atoms with Gasteiger partial charge in [0.25, 0.3) is 0 Å². The van der Waals surface area contributed by atoms with E-state index in [9.17, 15) is 9.59 Å². The van der Waals surface area contributed by atoms with Crippen LogP contribution in [-0.4, -0.2) is 43.4 Å². The van der Waals surface area contributed by atoms with Gasteiger partial charge in [0.2, 0.25) is 0 Å². The molecule has 2 rings (SSSR count). The molecule has 2 aliphatic heterocycles. The van der Waals surface area contributed by atoms with Crippen molar-refractivity contribution in [2.45, 2.75) is 6.42 Å². The van der Waals surface area contributed by atoms with Crippen LogP contribution in [0.5, 0.6) is 0 Å². The van der Waals surface area contributed by atoms with Gasteiger partial charge in [0.15, 0.2) is 5.78 Å². The molecule has 2 heterocycles. The standard InChI is InChI=1S/C9H13NO3/c1-13-9(12)6-2-3-10-4-7(6)8(11)5-10/h6-7H,2-5H2,1H3/t6-,7-/m0/s1. The molecule has 2 saturated heterocycles. The summed E-state index contributed by atoms with van der Waals surface area (Å²) >= 11 is 0. The zero-order valence-electron chi connectivity index (χ0n) is 7.66. The summed E-state index contributed by atoms with van der Waals surface area (Å²) < 4.78 is 4.68. The van der Waals surface area contributed by atoms with E-state index in [-0.39, 0.29) is 23.6 Å². The third-order valence-corrected chi connectivity index (χ3v) is 2.99. The van der Waals surface area contributed by atoms with E-state index in [1.54, 1.807) is 0 Å². The molecular weight excluding hydrogens is 170 g/mol. The molecule has 4 nitrogen and oxygen atoms in total. The van der Waals surface area contributed by atoms with Crippen LogP contribution in [0, 0.1) is 11.8 Å². The first kappa shape index (κ1) is 8.69. The summed E-state index contributed by atoms with van der Waals surface area (Å²) in [5, 5.41) is 0. The molecule has 0 aromatic heterocycles. The van der Waals surface area contributed by atoms with Gasteiger partial charge in [0.05, 0.1) is 19.6 Å². The van der Waals surface area contributed by atoms with Crippen molar-refractivity contribution < 1.29 is 14.3 Å². The molecule has 0 spiro atoms. The van der Waals surface area contributed by atoms with Crippen molar-refractivity contribution in [1.82, 2.24) is 4.90 Å². The molecule has 0 aromatic carbocycles. The molecule has 2 fully saturated rings. The Kier molecular flexibility index (Phi) is 2.07. The minimum Gasteiger partial charge on any atom is -0.469 e. The fraction of sp³-hybridized carbons (Fsp3) is 0.778. The van der Waals surface area contributed by atoms with Crippen LogP contribution >= 0.6 is 0 Å². The minimum absolute atomic E-state index is 0.0961. The number of carbonyl (C=O) groups excluding carboxylic acids is 2. The van der Waals surface area contributed by atoms with Gasteiger partial charge in [-0.05, 0) is 13.0 Å². The van der Waals surface area contributed by atoms with Crippen molar-refractivity contribution in [3.63, 3.8) is 0 Å². The van der Waals surface area contributed by atoms with Gasteiger partial charge in [0, 0.05) is 12.5 Å². The summed E-state index contributed by atoms with van der Waals surface area (Å²) in [6.45, 7) is 2.12. The van der Waals surface area contributed by atoms with E-state index in [0.29, 0.717) is 6.54 Å². The highest BCUT2D eigenvalue weighted by Crippen LogP contribution is 2.30. The molecule has 0 aliphatic carbocycles. The molecule has 2 aliphatic rings. The minimum atomic E-state index is -0.222. The molecule has 1 unspecified atom stereocenters. The number of methoxy groups -OCH3 is 1. The van der Waals surface area contributed by atoms with Crippen molar-refractivity contribution in [2.24, 2.45) is 11.8 Å². The van der Waals surface area contributed by atoms with Crippen molar-refractivity contribution in [3.05, 3.63) is 0 Å². The Morgan fingerprint density at radius 1 is 1.62 bits per heavy atom. The lowest BCUT2D eigenvalue weighted by molar-refractivity contribution is -0.150. The van der Waals surface area contributed by atoms with Crippen molar-refractivity contribution in [3.8, 4) is 0 Å². The average molecular weight is 183 g/mol. The second-order valence-electron chi connectivity index (χ2n) is 3.73. The van der Waals surface area contributed by atoms with Crippen LogP contribution < -0.4 is 0 Å². The van der Waals surface area contributed by atoms with Crippen molar-refractivity contribution >= 4 is 11.8 Å². The van der Waals surface area contributed by atoms with E-state index in [4.69, 9.17) is 0 Å². The van der Waals surface area contributed by atoms with Gasteiger partial charge in [-0.15, -0.1) is 0 Å². The number of rotatable bonds is 1. The summed E-state index contributed by atoms with van der Waals surface area (Å²) in [6.07, 6.45) is 0.767. The summed E-state index contributed by atoms with van der Waals surface area (Å²) in [4.78, 5) is 24.8. The van der Waals surface area contributed by atoms with Crippen LogP contribution in [0.1, 0.15) is 6.42 Å². The zero-order valence-corrected chi connectivity index (χ0v) is 7.66. The fourth-order valence-corrected chi connectivity index (χ4v) is 2.26. The SMILES string of the molecule is COC(=O)[C@H]1CCN2CC(=O)[C@H]1C2. The van der Waals surface area contributed by atoms with Crippen LogP contribution in [0.4, 0.5) is 0 Å². The molecule has 0 saturated carbocycles. The highest BCUT2D eigenvalue weighted by molar-refractivity contribution is 5.90. The average Bonchev–Trinajstić information content (AvgIpc) is 2.42. The third kappa shape index (κ3) is 1.35. The van der Waals surface area contributed by atoms with Crippen LogP contribution in [0.15, 0.2) is 0 Å². The molecule has 2 bridgehead atoms. The van der Waals surface area contributed by atoms with Crippen LogP contribution in [0.25, 0.3) is 0 Å². The predicted molar refractivity (Wildman–Crippen MR) is 45.1 cm³/mol. The van der Waals surface area contributed by atoms with Gasteiger partial charge < -0.3 is 4.74 Å². The van der Waals surface area contributed by atoms with Gasteiger partial charge in [-0.2, -0.15) is 0 Å². The molecule has 3 atom stereocenters. The first-order valence-electron chi connectivity index (χ1n) is 4.55. The topological polar surface area (TPSA) is 46.6 Å². The number of nitrogens with zero attached hydrogens (tertiary/aromatic N) is 1. The Hall–Kier alpha value is -0.900. The number of esters is 1. The highest BCUT2D eigenvalue weighted by Gasteiger charge is 2.44. The molecule has 4 heteroatoms. The Morgan fingerprint density at radius 2 is 2.38 bits per heavy atom. The predicted octanol–water partition coefficient (Wildman–Crippen LogP) is -0.320. The summed E-state index contributed by atoms with van der Waals surface area (Å²) in [7, 11) is 1.38. The van der Waals surface area contributed by atoms with Crippen LogP contribution in [-0.2, 0) is 14.3 Å². The molecule has 13 heavy (non-hydrogen) atoms. The normalized spacial score (nSPS) is 37.6. The molecule has 72 valence electrons. The zero-order chi connectivity index (χ0) is 9.42. The number of hydrogen-bond donors (Lipinski definition) is 0. The maximum absolute atomic E-state index is 11.4. The fourth-order valence-electron chi connectivity index (χ4n) is 2.26. The van der Waals surface area contributed by atoms with Gasteiger partial charge in [-0.25, -0.2) is 0 Å². The van der Waals surface area contributed by atoms with E-state index in [1.807, 2.05) is 0 Å². The van der Waals surface area contributed by atoms with Crippen LogP contribution in [0.3, 0.4) is 0 Å². The van der Waals surface area contributed by atoms with E-state index < -0.39 is 0 Å². The Morgan fingerprint density at radius 3 is 3.08 bits per heavy atom. The van der Waals surface area contributed by atoms with Crippen molar-refractivity contribution in [1.29, 1.82) is 0 Å². The number of hydrogen-bond acceptors (Lipinski definition) is 4. The maximum Gasteiger partial charge on any atom is 0.309 e. The second-order valence-corrected chi connectivity index (χ2v) is 3.73. The molecule has 0 radical (unpaired) electrons. The number of ketones is 1. The first-order chi connectivity index (χ1) is 6.22. The summed E-state index contributed by atoms with van der Waals surface area (Å²) in [6, 6.07) is 0. The monoisotopic (exact) mass is 183 g/mol. The Balaban J connectivity index is 2.13. The Labute approximate surface area is 76.8 Å². The maximum atomic E-state index is 11.4. The van der Waals surface area contributed by atoms with Gasteiger partial charge in [-0.3, -0.25) is 14.5 Å². The van der Waals surface area contributed by atoms with Crippen LogP contribution in [0.2, 0.25) is 0 Å². The lowest BCUT2D eigenvalue weighted by Crippen LogP contribution is -2.37. The van der Waals surface area contributed by atoms with E-state index in [1.165, 1.54) is 7.11 Å². The number of piperidine rings is 1. The number of Topliss-reactive ketones (excluding diaryl/α,β-unsaturated/α-hetero) is 1. The van der Waals surface area contributed by atoms with Gasteiger partial charge >= 0.3 is 5.97 Å². The number of fused-ring (bicyclic) bond motifs is 2. The summed E-state index contributed by atoms with van der Waals surface area (Å²) in [5.41, 5.74) is 0. The van der Waals surface area contributed by atoms with Gasteiger partial charge in [0.1, 0.15) is 0 Å².